The zero-order chi connectivity index (χ0) is 23.0. The van der Waals surface area contributed by atoms with Crippen molar-refractivity contribution in [2.75, 3.05) is 31.1 Å². The van der Waals surface area contributed by atoms with E-state index in [4.69, 9.17) is 0 Å². The molecule has 168 valence electrons. The standard InChI is InChI=1S/C23H28N6O3/c1-14(2)23(21(31)26-22(32)27-23)18-7-5-17(6-8-18)20(30)29-11-9-28(10-12-29)19-16(4)25-15(3)13-24-19/h5-8,13-14H,9-12H2,1-4H3,(H2,26,27,31,32). The molecule has 3 heterocycles. The Hall–Kier alpha value is -3.49. The molecule has 1 aromatic heterocycles. The summed E-state index contributed by atoms with van der Waals surface area (Å²) in [5, 5.41) is 5.08. The van der Waals surface area contributed by atoms with Crippen LogP contribution < -0.4 is 15.5 Å². The van der Waals surface area contributed by atoms with E-state index in [1.165, 1.54) is 0 Å². The van der Waals surface area contributed by atoms with Crippen LogP contribution in [0.4, 0.5) is 10.6 Å². The maximum atomic E-state index is 13.0. The number of benzene rings is 1. The van der Waals surface area contributed by atoms with Gasteiger partial charge in [-0.2, -0.15) is 0 Å². The first-order valence-electron chi connectivity index (χ1n) is 10.8. The molecule has 2 saturated heterocycles. The Morgan fingerprint density at radius 1 is 1.06 bits per heavy atom. The fourth-order valence-electron chi connectivity index (χ4n) is 4.49. The topological polar surface area (TPSA) is 108 Å². The van der Waals surface area contributed by atoms with E-state index < -0.39 is 11.6 Å². The smallest absolute Gasteiger partial charge is 0.322 e. The molecule has 1 aromatic carbocycles. The fourth-order valence-corrected chi connectivity index (χ4v) is 4.49. The molecule has 9 nitrogen and oxygen atoms in total. The number of hydrogen-bond acceptors (Lipinski definition) is 6. The highest BCUT2D eigenvalue weighted by Crippen LogP contribution is 2.33. The predicted molar refractivity (Wildman–Crippen MR) is 119 cm³/mol. The number of nitrogens with zero attached hydrogens (tertiary/aromatic N) is 4. The number of carbonyl (C=O) groups excluding carboxylic acids is 3. The van der Waals surface area contributed by atoms with Crippen molar-refractivity contribution in [2.45, 2.75) is 33.2 Å². The highest BCUT2D eigenvalue weighted by Gasteiger charge is 2.50. The number of nitrogens with one attached hydrogen (secondary N) is 2. The molecule has 2 fully saturated rings. The quantitative estimate of drug-likeness (QED) is 0.707. The maximum Gasteiger partial charge on any atom is 0.322 e. The van der Waals surface area contributed by atoms with Crippen LogP contribution in [0.25, 0.3) is 0 Å². The van der Waals surface area contributed by atoms with E-state index in [2.05, 4.69) is 25.5 Å². The summed E-state index contributed by atoms with van der Waals surface area (Å²) in [7, 11) is 0. The summed E-state index contributed by atoms with van der Waals surface area (Å²) >= 11 is 0. The second kappa shape index (κ2) is 8.22. The van der Waals surface area contributed by atoms with Gasteiger partial charge in [0.2, 0.25) is 0 Å². The lowest BCUT2D eigenvalue weighted by Gasteiger charge is -2.36. The number of hydrogen-bond donors (Lipinski definition) is 2. The Balaban J connectivity index is 1.46. The monoisotopic (exact) mass is 436 g/mol. The van der Waals surface area contributed by atoms with E-state index in [0.717, 1.165) is 17.2 Å². The zero-order valence-electron chi connectivity index (χ0n) is 18.8. The number of aryl methyl sites for hydroxylation is 2. The molecule has 1 atom stereocenters. The predicted octanol–water partition coefficient (Wildman–Crippen LogP) is 1.75. The van der Waals surface area contributed by atoms with Gasteiger partial charge in [-0.3, -0.25) is 19.9 Å². The van der Waals surface area contributed by atoms with Gasteiger partial charge >= 0.3 is 6.03 Å². The van der Waals surface area contributed by atoms with E-state index in [1.807, 2.05) is 32.6 Å². The maximum absolute atomic E-state index is 13.0. The van der Waals surface area contributed by atoms with Crippen LogP contribution in [0.15, 0.2) is 30.5 Å². The summed E-state index contributed by atoms with van der Waals surface area (Å²) in [6.45, 7) is 10.2. The van der Waals surface area contributed by atoms with Crippen LogP contribution in [0.2, 0.25) is 0 Å². The van der Waals surface area contributed by atoms with Crippen LogP contribution in [0.3, 0.4) is 0 Å². The summed E-state index contributed by atoms with van der Waals surface area (Å²) in [5.41, 5.74) is 1.86. The number of piperazine rings is 1. The fraction of sp³-hybridized carbons (Fsp3) is 0.435. The largest absolute Gasteiger partial charge is 0.352 e. The highest BCUT2D eigenvalue weighted by molar-refractivity contribution is 6.07. The van der Waals surface area contributed by atoms with Crippen LogP contribution >= 0.6 is 0 Å². The molecule has 4 amide bonds. The third-order valence-corrected chi connectivity index (χ3v) is 6.26. The molecular weight excluding hydrogens is 408 g/mol. The Morgan fingerprint density at radius 2 is 1.72 bits per heavy atom. The lowest BCUT2D eigenvalue weighted by molar-refractivity contribution is -0.125. The van der Waals surface area contributed by atoms with Crippen molar-refractivity contribution in [3.8, 4) is 0 Å². The van der Waals surface area contributed by atoms with Gasteiger partial charge < -0.3 is 15.1 Å². The van der Waals surface area contributed by atoms with Gasteiger partial charge in [-0.25, -0.2) is 9.78 Å². The van der Waals surface area contributed by atoms with Crippen molar-refractivity contribution < 1.29 is 14.4 Å². The Morgan fingerprint density at radius 3 is 2.25 bits per heavy atom. The van der Waals surface area contributed by atoms with Crippen LogP contribution in [0.5, 0.6) is 0 Å². The van der Waals surface area contributed by atoms with E-state index in [0.29, 0.717) is 37.3 Å². The van der Waals surface area contributed by atoms with Gasteiger partial charge in [0.05, 0.1) is 17.6 Å². The third kappa shape index (κ3) is 3.68. The summed E-state index contributed by atoms with van der Waals surface area (Å²) in [4.78, 5) is 50.3. The average Bonchev–Trinajstić information content (AvgIpc) is 3.08. The molecule has 1 unspecified atom stereocenters. The van der Waals surface area contributed by atoms with Crippen molar-refractivity contribution in [3.05, 3.63) is 53.0 Å². The Kier molecular flexibility index (Phi) is 5.58. The molecule has 9 heteroatoms. The van der Waals surface area contributed by atoms with E-state index in [9.17, 15) is 14.4 Å². The molecule has 0 spiro atoms. The van der Waals surface area contributed by atoms with Gasteiger partial charge in [-0.1, -0.05) is 26.0 Å². The molecule has 0 radical (unpaired) electrons. The van der Waals surface area contributed by atoms with E-state index >= 15 is 0 Å². The minimum Gasteiger partial charge on any atom is -0.352 e. The molecule has 2 aliphatic rings. The first-order chi connectivity index (χ1) is 15.2. The van der Waals surface area contributed by atoms with Crippen molar-refractivity contribution >= 4 is 23.7 Å². The summed E-state index contributed by atoms with van der Waals surface area (Å²) in [6.07, 6.45) is 1.76. The highest BCUT2D eigenvalue weighted by atomic mass is 16.2. The minimum absolute atomic E-state index is 0.0542. The molecule has 2 aromatic rings. The second-order valence-electron chi connectivity index (χ2n) is 8.65. The van der Waals surface area contributed by atoms with Gasteiger partial charge in [-0.05, 0) is 37.5 Å². The normalized spacial score (nSPS) is 21.0. The third-order valence-electron chi connectivity index (χ3n) is 6.26. The molecule has 32 heavy (non-hydrogen) atoms. The van der Waals surface area contributed by atoms with E-state index in [-0.39, 0.29) is 17.7 Å². The first kappa shape index (κ1) is 21.7. The number of anilines is 1. The summed E-state index contributed by atoms with van der Waals surface area (Å²) in [5.74, 6) is 0.281. The average molecular weight is 437 g/mol. The Labute approximate surface area is 187 Å². The van der Waals surface area contributed by atoms with Gasteiger partial charge in [-0.15, -0.1) is 0 Å². The molecule has 0 aliphatic carbocycles. The number of aromatic nitrogens is 2. The lowest BCUT2D eigenvalue weighted by atomic mass is 9.79. The van der Waals surface area contributed by atoms with Crippen LogP contribution in [-0.4, -0.2) is 58.9 Å². The number of rotatable bonds is 4. The van der Waals surface area contributed by atoms with Gasteiger partial charge in [0.15, 0.2) is 0 Å². The summed E-state index contributed by atoms with van der Waals surface area (Å²) < 4.78 is 0. The second-order valence-corrected chi connectivity index (χ2v) is 8.65. The Bertz CT molecular complexity index is 1060. The van der Waals surface area contributed by atoms with Crippen LogP contribution in [-0.2, 0) is 10.3 Å². The van der Waals surface area contributed by atoms with Crippen LogP contribution in [0.1, 0.15) is 41.2 Å². The van der Waals surface area contributed by atoms with Crippen molar-refractivity contribution in [1.82, 2.24) is 25.5 Å². The zero-order valence-corrected chi connectivity index (χ0v) is 18.8. The molecule has 2 aliphatic heterocycles. The number of amides is 4. The van der Waals surface area contributed by atoms with Gasteiger partial charge in [0.1, 0.15) is 11.4 Å². The molecule has 4 rings (SSSR count). The minimum atomic E-state index is -1.13. The van der Waals surface area contributed by atoms with Gasteiger partial charge in [0.25, 0.3) is 11.8 Å². The van der Waals surface area contributed by atoms with Crippen molar-refractivity contribution in [3.63, 3.8) is 0 Å². The molecule has 0 bridgehead atoms. The van der Waals surface area contributed by atoms with E-state index in [1.54, 1.807) is 30.5 Å². The van der Waals surface area contributed by atoms with Crippen LogP contribution in [0, 0.1) is 19.8 Å². The number of urea groups is 1. The van der Waals surface area contributed by atoms with Crippen molar-refractivity contribution in [2.24, 2.45) is 5.92 Å². The number of imide groups is 1. The summed E-state index contributed by atoms with van der Waals surface area (Å²) in [6, 6.07) is 6.44. The SMILES string of the molecule is Cc1cnc(N2CCN(C(=O)c3ccc(C4(C(C)C)NC(=O)NC4=O)cc3)CC2)c(C)n1. The van der Waals surface area contributed by atoms with Gasteiger partial charge in [0, 0.05) is 31.7 Å². The number of carbonyl (C=O) groups is 3. The molecular formula is C23H28N6O3. The molecule has 2 N–H and O–H groups in total. The molecule has 0 saturated carbocycles. The van der Waals surface area contributed by atoms with Crippen molar-refractivity contribution in [1.29, 1.82) is 0 Å². The first-order valence-corrected chi connectivity index (χ1v) is 10.8. The lowest BCUT2D eigenvalue weighted by Crippen LogP contribution is -2.49.